The van der Waals surface area contributed by atoms with Crippen molar-refractivity contribution in [2.45, 2.75) is 41.0 Å². The molecule has 0 aromatic heterocycles. The average molecular weight is 240 g/mol. The van der Waals surface area contributed by atoms with Crippen molar-refractivity contribution in [1.29, 1.82) is 0 Å². The Kier molecular flexibility index (Phi) is 6.21. The predicted molar refractivity (Wildman–Crippen MR) is 76.5 cm³/mol. The molecule has 0 atom stereocenters. The van der Waals surface area contributed by atoms with Crippen LogP contribution in [0.2, 0.25) is 0 Å². The molecule has 0 saturated carbocycles. The average Bonchev–Trinajstić information content (AvgIpc) is 2.20. The molecule has 0 aliphatic heterocycles. The van der Waals surface area contributed by atoms with Crippen LogP contribution in [-0.2, 0) is 0 Å². The highest BCUT2D eigenvalue weighted by atomic mass is 15.4. The van der Waals surface area contributed by atoms with Gasteiger partial charge in [0.1, 0.15) is 0 Å². The number of hydrazone groups is 2. The van der Waals surface area contributed by atoms with Crippen molar-refractivity contribution in [1.82, 2.24) is 10.4 Å². The molecule has 0 spiro atoms. The molecule has 0 amide bonds. The summed E-state index contributed by atoms with van der Waals surface area (Å²) >= 11 is 0. The summed E-state index contributed by atoms with van der Waals surface area (Å²) in [6.07, 6.45) is 4.96. The van der Waals surface area contributed by atoms with Gasteiger partial charge < -0.3 is 10.4 Å². The maximum atomic E-state index is 4.43. The quantitative estimate of drug-likeness (QED) is 0.572. The highest BCUT2D eigenvalue weighted by Crippen LogP contribution is 2.17. The van der Waals surface area contributed by atoms with E-state index in [0.29, 0.717) is 0 Å². The Morgan fingerprint density at radius 2 is 1.71 bits per heavy atom. The standard InChI is InChI=1S/C13H28N4/c1-12(2,3)10-16-17(7)9-8-13(4,5)11-15-14-6/h10-11,14H,8-9H2,1-7H3/b15-11+,16-10+. The maximum absolute atomic E-state index is 4.43. The first-order valence-corrected chi connectivity index (χ1v) is 6.13. The van der Waals surface area contributed by atoms with E-state index in [1.165, 1.54) is 0 Å². The monoisotopic (exact) mass is 240 g/mol. The number of rotatable bonds is 6. The summed E-state index contributed by atoms with van der Waals surface area (Å²) < 4.78 is 0. The van der Waals surface area contributed by atoms with E-state index in [4.69, 9.17) is 0 Å². The van der Waals surface area contributed by atoms with E-state index in [9.17, 15) is 0 Å². The van der Waals surface area contributed by atoms with Gasteiger partial charge in [-0.1, -0.05) is 34.6 Å². The number of nitrogens with one attached hydrogen (secondary N) is 1. The molecule has 0 bridgehead atoms. The van der Waals surface area contributed by atoms with E-state index >= 15 is 0 Å². The zero-order valence-corrected chi connectivity index (χ0v) is 12.4. The van der Waals surface area contributed by atoms with Gasteiger partial charge in [-0.3, -0.25) is 0 Å². The molecular weight excluding hydrogens is 212 g/mol. The SMILES string of the molecule is CN/N=C/C(C)(C)CCN(C)/N=C/C(C)(C)C. The normalized spacial score (nSPS) is 13.6. The van der Waals surface area contributed by atoms with E-state index in [-0.39, 0.29) is 10.8 Å². The molecule has 4 heteroatoms. The van der Waals surface area contributed by atoms with Gasteiger partial charge in [-0.15, -0.1) is 0 Å². The molecule has 1 N–H and O–H groups in total. The smallest absolute Gasteiger partial charge is 0.0365 e. The van der Waals surface area contributed by atoms with Crippen molar-refractivity contribution < 1.29 is 0 Å². The Hall–Kier alpha value is -1.06. The van der Waals surface area contributed by atoms with Gasteiger partial charge in [0.25, 0.3) is 0 Å². The minimum absolute atomic E-state index is 0.0918. The lowest BCUT2D eigenvalue weighted by molar-refractivity contribution is 0.305. The lowest BCUT2D eigenvalue weighted by atomic mass is 9.91. The molecular formula is C13H28N4. The molecule has 0 aliphatic carbocycles. The van der Waals surface area contributed by atoms with Gasteiger partial charge >= 0.3 is 0 Å². The third-order valence-electron chi connectivity index (χ3n) is 2.27. The summed E-state index contributed by atoms with van der Waals surface area (Å²) in [5, 5.41) is 10.5. The first kappa shape index (κ1) is 15.9. The molecule has 0 radical (unpaired) electrons. The Labute approximate surface area is 106 Å². The molecule has 0 aliphatic rings. The molecule has 0 saturated heterocycles. The van der Waals surface area contributed by atoms with Gasteiger partial charge in [-0.05, 0) is 11.8 Å². The molecule has 0 fully saturated rings. The van der Waals surface area contributed by atoms with Crippen molar-refractivity contribution in [3.8, 4) is 0 Å². The van der Waals surface area contributed by atoms with Crippen molar-refractivity contribution in [2.24, 2.45) is 21.0 Å². The molecule has 0 unspecified atom stereocenters. The first-order chi connectivity index (χ1) is 7.66. The zero-order valence-electron chi connectivity index (χ0n) is 12.4. The molecule has 4 nitrogen and oxygen atoms in total. The van der Waals surface area contributed by atoms with Gasteiger partial charge in [0.15, 0.2) is 0 Å². The van der Waals surface area contributed by atoms with Crippen LogP contribution in [0.15, 0.2) is 10.2 Å². The number of nitrogens with zero attached hydrogens (tertiary/aromatic N) is 3. The summed E-state index contributed by atoms with van der Waals surface area (Å²) in [6.45, 7) is 11.7. The van der Waals surface area contributed by atoms with Gasteiger partial charge in [-0.25, -0.2) is 0 Å². The minimum atomic E-state index is 0.0918. The first-order valence-electron chi connectivity index (χ1n) is 6.13. The Bertz CT molecular complexity index is 261. The molecule has 0 rings (SSSR count). The third kappa shape index (κ3) is 9.85. The van der Waals surface area contributed by atoms with Gasteiger partial charge in [0.05, 0.1) is 0 Å². The van der Waals surface area contributed by atoms with E-state index in [1.54, 1.807) is 0 Å². The molecule has 0 aromatic carbocycles. The second kappa shape index (κ2) is 6.62. The highest BCUT2D eigenvalue weighted by molar-refractivity contribution is 5.64. The summed E-state index contributed by atoms with van der Waals surface area (Å²) in [7, 11) is 3.82. The van der Waals surface area contributed by atoms with Gasteiger partial charge in [0, 0.05) is 38.5 Å². The van der Waals surface area contributed by atoms with Crippen LogP contribution in [0.1, 0.15) is 41.0 Å². The minimum Gasteiger partial charge on any atom is -0.313 e. The van der Waals surface area contributed by atoms with Crippen LogP contribution in [0, 0.1) is 10.8 Å². The fourth-order valence-corrected chi connectivity index (χ4v) is 1.08. The van der Waals surface area contributed by atoms with Gasteiger partial charge in [0.2, 0.25) is 0 Å². The van der Waals surface area contributed by atoms with Crippen LogP contribution in [-0.4, -0.2) is 38.1 Å². The summed E-state index contributed by atoms with van der Waals surface area (Å²) in [5.41, 5.74) is 3.01. The van der Waals surface area contributed by atoms with Crippen LogP contribution >= 0.6 is 0 Å². The number of hydrogen-bond acceptors (Lipinski definition) is 4. The number of hydrogen-bond donors (Lipinski definition) is 1. The van der Waals surface area contributed by atoms with E-state index in [0.717, 1.165) is 13.0 Å². The lowest BCUT2D eigenvalue weighted by Gasteiger charge is -2.23. The fraction of sp³-hybridized carbons (Fsp3) is 0.846. The van der Waals surface area contributed by atoms with Crippen molar-refractivity contribution in [2.75, 3.05) is 20.6 Å². The lowest BCUT2D eigenvalue weighted by Crippen LogP contribution is -2.23. The third-order valence-corrected chi connectivity index (χ3v) is 2.27. The Morgan fingerprint density at radius 1 is 1.12 bits per heavy atom. The summed E-state index contributed by atoms with van der Waals surface area (Å²) in [5.74, 6) is 0. The molecule has 0 heterocycles. The van der Waals surface area contributed by atoms with E-state index < -0.39 is 0 Å². The summed E-state index contributed by atoms with van der Waals surface area (Å²) in [4.78, 5) is 0. The van der Waals surface area contributed by atoms with Gasteiger partial charge in [-0.2, -0.15) is 10.2 Å². The maximum Gasteiger partial charge on any atom is 0.0365 e. The Morgan fingerprint density at radius 3 is 2.18 bits per heavy atom. The fourth-order valence-electron chi connectivity index (χ4n) is 1.08. The molecule has 17 heavy (non-hydrogen) atoms. The molecule has 0 aromatic rings. The highest BCUT2D eigenvalue weighted by Gasteiger charge is 2.15. The van der Waals surface area contributed by atoms with Crippen LogP contribution in [0.25, 0.3) is 0 Å². The van der Waals surface area contributed by atoms with Crippen LogP contribution in [0.4, 0.5) is 0 Å². The van der Waals surface area contributed by atoms with E-state index in [2.05, 4.69) is 50.2 Å². The van der Waals surface area contributed by atoms with Crippen LogP contribution in [0.3, 0.4) is 0 Å². The largest absolute Gasteiger partial charge is 0.313 e. The predicted octanol–water partition coefficient (Wildman–Crippen LogP) is 2.57. The topological polar surface area (TPSA) is 40.0 Å². The van der Waals surface area contributed by atoms with Crippen LogP contribution in [0.5, 0.6) is 0 Å². The van der Waals surface area contributed by atoms with Crippen molar-refractivity contribution >= 4 is 12.4 Å². The van der Waals surface area contributed by atoms with Crippen molar-refractivity contribution in [3.05, 3.63) is 0 Å². The molecule has 100 valence electrons. The zero-order chi connectivity index (χ0) is 13.5. The summed E-state index contributed by atoms with van der Waals surface area (Å²) in [6, 6.07) is 0. The van der Waals surface area contributed by atoms with E-state index in [1.807, 2.05) is 31.5 Å². The Balaban J connectivity index is 4.11. The van der Waals surface area contributed by atoms with Crippen molar-refractivity contribution in [3.63, 3.8) is 0 Å². The second-order valence-corrected chi connectivity index (χ2v) is 6.21. The second-order valence-electron chi connectivity index (χ2n) is 6.21. The van der Waals surface area contributed by atoms with Crippen LogP contribution < -0.4 is 5.43 Å².